The number of hydrogen-bond donors (Lipinski definition) is 2. The van der Waals surface area contributed by atoms with Crippen molar-refractivity contribution >= 4 is 28.7 Å². The minimum atomic E-state index is -0.591. The summed E-state index contributed by atoms with van der Waals surface area (Å²) >= 11 is 0. The van der Waals surface area contributed by atoms with E-state index in [1.807, 2.05) is 35.4 Å². The van der Waals surface area contributed by atoms with Gasteiger partial charge in [0.15, 0.2) is 0 Å². The first-order chi connectivity index (χ1) is 13.1. The Balaban J connectivity index is 1.33. The van der Waals surface area contributed by atoms with Crippen molar-refractivity contribution in [1.82, 2.24) is 20.1 Å². The molecule has 2 aromatic rings. The van der Waals surface area contributed by atoms with E-state index in [0.717, 1.165) is 42.4 Å². The van der Waals surface area contributed by atoms with Gasteiger partial charge in [0, 0.05) is 43.2 Å². The van der Waals surface area contributed by atoms with Gasteiger partial charge in [-0.1, -0.05) is 18.2 Å². The number of rotatable bonds is 6. The summed E-state index contributed by atoms with van der Waals surface area (Å²) in [6, 6.07) is 7.01. The molecule has 2 aliphatic heterocycles. The highest BCUT2D eigenvalue weighted by Gasteiger charge is 2.37. The van der Waals surface area contributed by atoms with Gasteiger partial charge in [-0.05, 0) is 37.3 Å². The molecule has 0 saturated carbocycles. The molecular weight excluding hydrogens is 344 g/mol. The Morgan fingerprint density at radius 2 is 1.93 bits per heavy atom. The SMILES string of the molecule is O=C(CC[C@@H]1NC(=O)N(CCc2c[nH]c3ccccc23)C1=O)N1CCCC1. The lowest BCUT2D eigenvalue weighted by molar-refractivity contribution is -0.131. The van der Waals surface area contributed by atoms with E-state index >= 15 is 0 Å². The minimum Gasteiger partial charge on any atom is -0.361 e. The molecule has 7 nitrogen and oxygen atoms in total. The highest BCUT2D eigenvalue weighted by molar-refractivity contribution is 6.04. The molecule has 2 fully saturated rings. The molecule has 0 radical (unpaired) electrons. The number of para-hydroxylation sites is 1. The van der Waals surface area contributed by atoms with Crippen LogP contribution in [0.25, 0.3) is 10.9 Å². The normalized spacial score (nSPS) is 19.9. The fraction of sp³-hybridized carbons (Fsp3) is 0.450. The van der Waals surface area contributed by atoms with Crippen LogP contribution in [-0.4, -0.2) is 58.3 Å². The Hall–Kier alpha value is -2.83. The first-order valence-electron chi connectivity index (χ1n) is 9.58. The van der Waals surface area contributed by atoms with Crippen molar-refractivity contribution < 1.29 is 14.4 Å². The number of nitrogens with one attached hydrogen (secondary N) is 2. The van der Waals surface area contributed by atoms with Crippen molar-refractivity contribution in [1.29, 1.82) is 0 Å². The van der Waals surface area contributed by atoms with Crippen molar-refractivity contribution in [3.63, 3.8) is 0 Å². The van der Waals surface area contributed by atoms with Crippen LogP contribution in [0.5, 0.6) is 0 Å². The standard InChI is InChI=1S/C20H24N4O3/c25-18(23-10-3-4-11-23)8-7-17-19(26)24(20(27)22-17)12-9-14-13-21-16-6-2-1-5-15(14)16/h1-2,5-6,13,17,21H,3-4,7-12H2,(H,22,27)/t17-/m0/s1. The number of carbonyl (C=O) groups excluding carboxylic acids is 3. The number of nitrogens with zero attached hydrogens (tertiary/aromatic N) is 2. The van der Waals surface area contributed by atoms with Crippen LogP contribution >= 0.6 is 0 Å². The topological polar surface area (TPSA) is 85.5 Å². The monoisotopic (exact) mass is 368 g/mol. The summed E-state index contributed by atoms with van der Waals surface area (Å²) in [5.41, 5.74) is 2.13. The smallest absolute Gasteiger partial charge is 0.324 e. The molecule has 27 heavy (non-hydrogen) atoms. The van der Waals surface area contributed by atoms with Crippen LogP contribution in [0.3, 0.4) is 0 Å². The maximum absolute atomic E-state index is 12.6. The van der Waals surface area contributed by atoms with Gasteiger partial charge in [-0.25, -0.2) is 4.79 Å². The van der Waals surface area contributed by atoms with Crippen molar-refractivity contribution in [2.75, 3.05) is 19.6 Å². The lowest BCUT2D eigenvalue weighted by Crippen LogP contribution is -2.34. The van der Waals surface area contributed by atoms with Gasteiger partial charge < -0.3 is 15.2 Å². The van der Waals surface area contributed by atoms with E-state index in [0.29, 0.717) is 25.8 Å². The number of likely N-dealkylation sites (tertiary alicyclic amines) is 1. The maximum atomic E-state index is 12.6. The number of benzene rings is 1. The summed E-state index contributed by atoms with van der Waals surface area (Å²) < 4.78 is 0. The second-order valence-electron chi connectivity index (χ2n) is 7.23. The van der Waals surface area contributed by atoms with E-state index in [9.17, 15) is 14.4 Å². The number of hydrogen-bond acceptors (Lipinski definition) is 3. The number of fused-ring (bicyclic) bond motifs is 1. The molecule has 0 aliphatic carbocycles. The van der Waals surface area contributed by atoms with Crippen LogP contribution < -0.4 is 5.32 Å². The molecule has 142 valence electrons. The van der Waals surface area contributed by atoms with E-state index in [-0.39, 0.29) is 17.8 Å². The fourth-order valence-corrected chi connectivity index (χ4v) is 3.95. The van der Waals surface area contributed by atoms with Crippen molar-refractivity contribution in [2.45, 2.75) is 38.1 Å². The van der Waals surface area contributed by atoms with Crippen LogP contribution in [0.15, 0.2) is 30.5 Å². The highest BCUT2D eigenvalue weighted by Crippen LogP contribution is 2.20. The molecule has 7 heteroatoms. The largest absolute Gasteiger partial charge is 0.361 e. The predicted octanol–water partition coefficient (Wildman–Crippen LogP) is 2.03. The number of aromatic nitrogens is 1. The van der Waals surface area contributed by atoms with E-state index in [2.05, 4.69) is 10.3 Å². The summed E-state index contributed by atoms with van der Waals surface area (Å²) in [5, 5.41) is 3.83. The Morgan fingerprint density at radius 3 is 2.74 bits per heavy atom. The Bertz CT molecular complexity index is 869. The van der Waals surface area contributed by atoms with E-state index in [1.54, 1.807) is 0 Å². The molecule has 1 atom stereocenters. The number of urea groups is 1. The maximum Gasteiger partial charge on any atom is 0.324 e. The molecular formula is C20H24N4O3. The number of carbonyl (C=O) groups is 3. The third-order valence-corrected chi connectivity index (χ3v) is 5.49. The zero-order chi connectivity index (χ0) is 18.8. The van der Waals surface area contributed by atoms with Gasteiger partial charge >= 0.3 is 6.03 Å². The zero-order valence-electron chi connectivity index (χ0n) is 15.2. The van der Waals surface area contributed by atoms with E-state index < -0.39 is 6.04 Å². The van der Waals surface area contributed by atoms with Gasteiger partial charge in [-0.15, -0.1) is 0 Å². The predicted molar refractivity (Wildman–Crippen MR) is 101 cm³/mol. The summed E-state index contributed by atoms with van der Waals surface area (Å²) in [6.07, 6.45) is 5.29. The summed E-state index contributed by atoms with van der Waals surface area (Å²) in [7, 11) is 0. The fourth-order valence-electron chi connectivity index (χ4n) is 3.95. The number of imide groups is 1. The Kier molecular flexibility index (Phi) is 4.83. The first kappa shape index (κ1) is 17.6. The quantitative estimate of drug-likeness (QED) is 0.765. The molecule has 0 spiro atoms. The summed E-state index contributed by atoms with van der Waals surface area (Å²) in [6.45, 7) is 1.95. The minimum absolute atomic E-state index is 0.0757. The summed E-state index contributed by atoms with van der Waals surface area (Å²) in [4.78, 5) is 43.3. The van der Waals surface area contributed by atoms with Crippen LogP contribution in [0.2, 0.25) is 0 Å². The Morgan fingerprint density at radius 1 is 1.15 bits per heavy atom. The molecule has 2 aliphatic rings. The van der Waals surface area contributed by atoms with Crippen molar-refractivity contribution in [3.05, 3.63) is 36.0 Å². The van der Waals surface area contributed by atoms with Crippen molar-refractivity contribution in [2.24, 2.45) is 0 Å². The van der Waals surface area contributed by atoms with Gasteiger partial charge in [0.05, 0.1) is 0 Å². The number of H-pyrrole nitrogens is 1. The highest BCUT2D eigenvalue weighted by atomic mass is 16.2. The number of aromatic amines is 1. The van der Waals surface area contributed by atoms with Gasteiger partial charge in [0.1, 0.15) is 6.04 Å². The second-order valence-corrected chi connectivity index (χ2v) is 7.23. The van der Waals surface area contributed by atoms with Crippen LogP contribution in [-0.2, 0) is 16.0 Å². The van der Waals surface area contributed by atoms with Crippen LogP contribution in [0, 0.1) is 0 Å². The molecule has 3 heterocycles. The van der Waals surface area contributed by atoms with Crippen molar-refractivity contribution in [3.8, 4) is 0 Å². The molecule has 0 bridgehead atoms. The first-order valence-corrected chi connectivity index (χ1v) is 9.58. The van der Waals surface area contributed by atoms with Gasteiger partial charge in [0.2, 0.25) is 5.91 Å². The average molecular weight is 368 g/mol. The zero-order valence-corrected chi connectivity index (χ0v) is 15.2. The van der Waals surface area contributed by atoms with Gasteiger partial charge in [-0.3, -0.25) is 14.5 Å². The second kappa shape index (κ2) is 7.42. The van der Waals surface area contributed by atoms with Crippen LogP contribution in [0.4, 0.5) is 4.79 Å². The molecule has 2 saturated heterocycles. The molecule has 1 aromatic heterocycles. The van der Waals surface area contributed by atoms with E-state index in [1.165, 1.54) is 4.90 Å². The van der Waals surface area contributed by atoms with E-state index in [4.69, 9.17) is 0 Å². The van der Waals surface area contributed by atoms with Gasteiger partial charge in [0.25, 0.3) is 5.91 Å². The lowest BCUT2D eigenvalue weighted by Gasteiger charge is -2.16. The molecule has 0 unspecified atom stereocenters. The Labute approximate surface area is 157 Å². The molecule has 2 N–H and O–H groups in total. The molecule has 1 aromatic carbocycles. The number of amides is 4. The molecule has 4 amide bonds. The third kappa shape index (κ3) is 3.54. The third-order valence-electron chi connectivity index (χ3n) is 5.49. The van der Waals surface area contributed by atoms with Crippen LogP contribution in [0.1, 0.15) is 31.2 Å². The molecule has 4 rings (SSSR count). The lowest BCUT2D eigenvalue weighted by atomic mass is 10.1. The van der Waals surface area contributed by atoms with Gasteiger partial charge in [-0.2, -0.15) is 0 Å². The average Bonchev–Trinajstić information content (AvgIpc) is 3.39. The summed E-state index contributed by atoms with van der Waals surface area (Å²) in [5.74, 6) is -0.152.